The summed E-state index contributed by atoms with van der Waals surface area (Å²) in [5, 5.41) is 0. The summed E-state index contributed by atoms with van der Waals surface area (Å²) in [4.78, 5) is 2.50. The van der Waals surface area contributed by atoms with Crippen molar-refractivity contribution in [3.8, 4) is 0 Å². The quantitative estimate of drug-likeness (QED) is 0.801. The van der Waals surface area contributed by atoms with E-state index in [1.165, 1.54) is 44.5 Å². The smallest absolute Gasteiger partial charge is 0.0611 e. The summed E-state index contributed by atoms with van der Waals surface area (Å²) in [7, 11) is 0. The van der Waals surface area contributed by atoms with Crippen molar-refractivity contribution < 1.29 is 0 Å². The molecule has 2 N–H and O–H groups in total. The summed E-state index contributed by atoms with van der Waals surface area (Å²) < 4.78 is 1.12. The third kappa shape index (κ3) is 2.30. The largest absolute Gasteiger partial charge is 0.397 e. The highest BCUT2D eigenvalue weighted by Gasteiger charge is 2.31. The predicted molar refractivity (Wildman–Crippen MR) is 76.2 cm³/mol. The van der Waals surface area contributed by atoms with Crippen molar-refractivity contribution in [2.24, 2.45) is 11.8 Å². The first-order chi connectivity index (χ1) is 8.22. The number of hydrogen-bond acceptors (Lipinski definition) is 2. The van der Waals surface area contributed by atoms with Crippen LogP contribution in [0.15, 0.2) is 22.7 Å². The monoisotopic (exact) mass is 294 g/mol. The highest BCUT2D eigenvalue weighted by molar-refractivity contribution is 9.10. The second-order valence-electron chi connectivity index (χ2n) is 5.51. The Kier molecular flexibility index (Phi) is 3.03. The maximum absolute atomic E-state index is 6.11. The molecule has 17 heavy (non-hydrogen) atoms. The molecule has 0 radical (unpaired) electrons. The first-order valence-electron chi connectivity index (χ1n) is 6.52. The highest BCUT2D eigenvalue weighted by Crippen LogP contribution is 2.38. The molecule has 1 aromatic carbocycles. The number of piperidine rings is 1. The van der Waals surface area contributed by atoms with Gasteiger partial charge in [0.15, 0.2) is 0 Å². The summed E-state index contributed by atoms with van der Waals surface area (Å²) in [6, 6.07) is 6.18. The van der Waals surface area contributed by atoms with Crippen LogP contribution in [0, 0.1) is 11.8 Å². The first-order valence-corrected chi connectivity index (χ1v) is 7.31. The number of anilines is 2. The van der Waals surface area contributed by atoms with Gasteiger partial charge in [-0.1, -0.05) is 22.4 Å². The van der Waals surface area contributed by atoms with Gasteiger partial charge in [-0.15, -0.1) is 0 Å². The van der Waals surface area contributed by atoms with E-state index in [1.807, 2.05) is 12.1 Å². The van der Waals surface area contributed by atoms with Gasteiger partial charge in [-0.25, -0.2) is 0 Å². The zero-order valence-electron chi connectivity index (χ0n) is 10.0. The SMILES string of the molecule is Nc1ccc(Br)cc1N1CC2CCCC(C2)C1. The Morgan fingerprint density at radius 1 is 1.18 bits per heavy atom. The zero-order chi connectivity index (χ0) is 11.8. The van der Waals surface area contributed by atoms with E-state index in [0.717, 1.165) is 22.0 Å². The van der Waals surface area contributed by atoms with Gasteiger partial charge in [-0.2, -0.15) is 0 Å². The van der Waals surface area contributed by atoms with E-state index in [4.69, 9.17) is 5.73 Å². The van der Waals surface area contributed by atoms with Gasteiger partial charge in [0.2, 0.25) is 0 Å². The number of halogens is 1. The number of rotatable bonds is 1. The molecule has 1 saturated heterocycles. The molecule has 2 aliphatic rings. The minimum Gasteiger partial charge on any atom is -0.397 e. The molecule has 1 aliphatic heterocycles. The lowest BCUT2D eigenvalue weighted by Gasteiger charge is -2.42. The number of benzene rings is 1. The number of nitrogens with zero attached hydrogens (tertiary/aromatic N) is 1. The van der Waals surface area contributed by atoms with Crippen LogP contribution in [0.2, 0.25) is 0 Å². The van der Waals surface area contributed by atoms with Crippen LogP contribution >= 0.6 is 15.9 Å². The van der Waals surface area contributed by atoms with E-state index >= 15 is 0 Å². The van der Waals surface area contributed by atoms with Gasteiger partial charge >= 0.3 is 0 Å². The molecule has 0 aromatic heterocycles. The number of fused-ring (bicyclic) bond motifs is 2. The van der Waals surface area contributed by atoms with Gasteiger partial charge in [0.05, 0.1) is 11.4 Å². The standard InChI is InChI=1S/C14H19BrN2/c15-12-4-5-13(16)14(7-12)17-8-10-2-1-3-11(6-10)9-17/h4-5,7,10-11H,1-3,6,8-9,16H2. The lowest BCUT2D eigenvalue weighted by atomic mass is 9.78. The van der Waals surface area contributed by atoms with E-state index in [0.29, 0.717) is 0 Å². The second kappa shape index (κ2) is 4.52. The summed E-state index contributed by atoms with van der Waals surface area (Å²) >= 11 is 3.54. The fourth-order valence-corrected chi connectivity index (χ4v) is 3.77. The molecule has 2 bridgehead atoms. The van der Waals surface area contributed by atoms with E-state index in [9.17, 15) is 0 Å². The topological polar surface area (TPSA) is 29.3 Å². The van der Waals surface area contributed by atoms with Crippen LogP contribution in [0.3, 0.4) is 0 Å². The van der Waals surface area contributed by atoms with Crippen molar-refractivity contribution in [1.29, 1.82) is 0 Å². The maximum Gasteiger partial charge on any atom is 0.0611 e. The van der Waals surface area contributed by atoms with Gasteiger partial charge in [-0.3, -0.25) is 0 Å². The van der Waals surface area contributed by atoms with Crippen molar-refractivity contribution in [3.05, 3.63) is 22.7 Å². The van der Waals surface area contributed by atoms with Crippen molar-refractivity contribution in [1.82, 2.24) is 0 Å². The molecular weight excluding hydrogens is 276 g/mol. The summed E-state index contributed by atoms with van der Waals surface area (Å²) in [6.45, 7) is 2.38. The number of nitrogens with two attached hydrogens (primary N) is 1. The fraction of sp³-hybridized carbons (Fsp3) is 0.571. The molecule has 2 nitrogen and oxygen atoms in total. The predicted octanol–water partition coefficient (Wildman–Crippen LogP) is 3.66. The van der Waals surface area contributed by atoms with Gasteiger partial charge in [0.25, 0.3) is 0 Å². The molecule has 1 saturated carbocycles. The Morgan fingerprint density at radius 3 is 2.59 bits per heavy atom. The average molecular weight is 295 g/mol. The summed E-state index contributed by atoms with van der Waals surface area (Å²) in [5.74, 6) is 1.78. The highest BCUT2D eigenvalue weighted by atomic mass is 79.9. The third-order valence-corrected chi connectivity index (χ3v) is 4.68. The van der Waals surface area contributed by atoms with Crippen molar-refractivity contribution in [2.75, 3.05) is 23.7 Å². The number of hydrogen-bond donors (Lipinski definition) is 1. The minimum atomic E-state index is 0.890. The van der Waals surface area contributed by atoms with Crippen LogP contribution in [0.25, 0.3) is 0 Å². The average Bonchev–Trinajstić information content (AvgIpc) is 2.32. The molecule has 2 unspecified atom stereocenters. The van der Waals surface area contributed by atoms with E-state index in [2.05, 4.69) is 26.9 Å². The normalized spacial score (nSPS) is 28.2. The Hall–Kier alpha value is -0.700. The zero-order valence-corrected chi connectivity index (χ0v) is 11.6. The fourth-order valence-electron chi connectivity index (χ4n) is 3.42. The van der Waals surface area contributed by atoms with E-state index in [-0.39, 0.29) is 0 Å². The molecule has 3 heteroatoms. The molecule has 1 heterocycles. The molecule has 2 fully saturated rings. The van der Waals surface area contributed by atoms with Crippen molar-refractivity contribution in [3.63, 3.8) is 0 Å². The maximum atomic E-state index is 6.11. The first kappa shape index (κ1) is 11.4. The van der Waals surface area contributed by atoms with Crippen LogP contribution in [0.1, 0.15) is 25.7 Å². The lowest BCUT2D eigenvalue weighted by molar-refractivity contribution is 0.231. The molecule has 92 valence electrons. The third-order valence-electron chi connectivity index (χ3n) is 4.18. The van der Waals surface area contributed by atoms with Crippen LogP contribution in [-0.4, -0.2) is 13.1 Å². The summed E-state index contributed by atoms with van der Waals surface area (Å²) in [6.07, 6.45) is 5.67. The Bertz CT molecular complexity index is 407. The van der Waals surface area contributed by atoms with Gasteiger partial charge in [0, 0.05) is 17.6 Å². The van der Waals surface area contributed by atoms with Crippen LogP contribution in [-0.2, 0) is 0 Å². The van der Waals surface area contributed by atoms with Crippen molar-refractivity contribution in [2.45, 2.75) is 25.7 Å². The van der Waals surface area contributed by atoms with Gasteiger partial charge < -0.3 is 10.6 Å². The lowest BCUT2D eigenvalue weighted by Crippen LogP contribution is -2.43. The van der Waals surface area contributed by atoms with Crippen LogP contribution < -0.4 is 10.6 Å². The van der Waals surface area contributed by atoms with Gasteiger partial charge in [-0.05, 0) is 49.3 Å². The summed E-state index contributed by atoms with van der Waals surface area (Å²) in [5.41, 5.74) is 8.24. The molecule has 1 aliphatic carbocycles. The molecule has 2 atom stereocenters. The second-order valence-corrected chi connectivity index (χ2v) is 6.42. The van der Waals surface area contributed by atoms with E-state index < -0.39 is 0 Å². The Morgan fingerprint density at radius 2 is 1.88 bits per heavy atom. The van der Waals surface area contributed by atoms with E-state index in [1.54, 1.807) is 0 Å². The molecule has 0 amide bonds. The van der Waals surface area contributed by atoms with Gasteiger partial charge in [0.1, 0.15) is 0 Å². The van der Waals surface area contributed by atoms with Crippen LogP contribution in [0.5, 0.6) is 0 Å². The Labute approximate surface area is 111 Å². The van der Waals surface area contributed by atoms with Crippen LogP contribution in [0.4, 0.5) is 11.4 Å². The minimum absolute atomic E-state index is 0.890. The Balaban J connectivity index is 1.86. The van der Waals surface area contributed by atoms with Crippen molar-refractivity contribution >= 4 is 27.3 Å². The molecule has 0 spiro atoms. The number of nitrogen functional groups attached to an aromatic ring is 1. The molecule has 1 aromatic rings. The molecular formula is C14H19BrN2. The molecule has 3 rings (SSSR count).